The van der Waals surface area contributed by atoms with Gasteiger partial charge in [-0.05, 0) is 17.7 Å². The van der Waals surface area contributed by atoms with Gasteiger partial charge in [0.2, 0.25) is 5.91 Å². The highest BCUT2D eigenvalue weighted by Gasteiger charge is 2.62. The summed E-state index contributed by atoms with van der Waals surface area (Å²) < 4.78 is 64.7. The predicted molar refractivity (Wildman–Crippen MR) is 99.0 cm³/mol. The Balaban J connectivity index is 1.65. The number of nitrogens with one attached hydrogen (secondary N) is 1. The summed E-state index contributed by atoms with van der Waals surface area (Å²) >= 11 is 0. The summed E-state index contributed by atoms with van der Waals surface area (Å²) in [6.07, 6.45) is -6.19. The van der Waals surface area contributed by atoms with E-state index >= 15 is 0 Å². The maximum Gasteiger partial charge on any atom is 0.459 e. The van der Waals surface area contributed by atoms with Crippen LogP contribution < -0.4 is 10.3 Å². The zero-order valence-electron chi connectivity index (χ0n) is 16.1. The fourth-order valence-corrected chi connectivity index (χ4v) is 3.48. The number of halogens is 5. The minimum absolute atomic E-state index is 0.0673. The smallest absolute Gasteiger partial charge is 0.368 e. The fourth-order valence-electron chi connectivity index (χ4n) is 3.48. The van der Waals surface area contributed by atoms with Crippen LogP contribution in [0.4, 0.5) is 27.6 Å². The highest BCUT2D eigenvalue weighted by molar-refractivity contribution is 5.93. The van der Waals surface area contributed by atoms with E-state index in [1.54, 1.807) is 18.2 Å². The molecule has 1 fully saturated rings. The zero-order valence-corrected chi connectivity index (χ0v) is 16.1. The number of rotatable bonds is 4. The molecule has 0 aliphatic carbocycles. The van der Waals surface area contributed by atoms with Gasteiger partial charge >= 0.3 is 12.1 Å². The molecule has 2 heterocycles. The molecule has 10 heteroatoms. The summed E-state index contributed by atoms with van der Waals surface area (Å²) in [5, 5.41) is 3.26. The maximum atomic E-state index is 13.5. The van der Waals surface area contributed by atoms with Crippen molar-refractivity contribution in [2.45, 2.75) is 38.4 Å². The summed E-state index contributed by atoms with van der Waals surface area (Å²) in [5.74, 6) is -4.92. The summed E-state index contributed by atoms with van der Waals surface area (Å²) in [7, 11) is 0. The Hall–Kier alpha value is -2.39. The molecule has 1 saturated heterocycles. The molecule has 160 valence electrons. The van der Waals surface area contributed by atoms with E-state index in [-0.39, 0.29) is 11.8 Å². The number of carbonyl (C=O) groups excluding carboxylic acids is 1. The topological polar surface area (TPSA) is 47.9 Å². The molecule has 29 heavy (non-hydrogen) atoms. The second-order valence-corrected chi connectivity index (χ2v) is 7.58. The minimum Gasteiger partial charge on any atom is -0.368 e. The van der Waals surface area contributed by atoms with E-state index in [1.807, 2.05) is 24.8 Å². The summed E-state index contributed by atoms with van der Waals surface area (Å²) in [5.41, 5.74) is 2.61. The van der Waals surface area contributed by atoms with E-state index in [9.17, 15) is 26.7 Å². The van der Waals surface area contributed by atoms with Crippen LogP contribution in [-0.2, 0) is 4.79 Å². The molecule has 0 bridgehead atoms. The molecule has 2 aliphatic heterocycles. The predicted octanol–water partition coefficient (Wildman–Crippen LogP) is 3.58. The molecule has 3 rings (SSSR count). The third kappa shape index (κ3) is 4.30. The number of hydrogen-bond acceptors (Lipinski definition) is 4. The summed E-state index contributed by atoms with van der Waals surface area (Å²) in [6.45, 7) is 6.10. The lowest BCUT2D eigenvalue weighted by Gasteiger charge is -2.37. The van der Waals surface area contributed by atoms with Gasteiger partial charge in [0, 0.05) is 44.2 Å². The van der Waals surface area contributed by atoms with Gasteiger partial charge in [0.15, 0.2) is 0 Å². The average Bonchev–Trinajstić information content (AvgIpc) is 3.18. The van der Waals surface area contributed by atoms with Crippen molar-refractivity contribution < 1.29 is 26.7 Å². The van der Waals surface area contributed by atoms with Crippen molar-refractivity contribution >= 4 is 17.3 Å². The molecule has 1 atom stereocenters. The standard InChI is InChI=1S/C19H23F5N4O/c1-12(2)17(29)28-8-6-27(7-9-28)14-5-3-4-13(10-14)15-11-16(26-25-15)18(20,21)19(22,23)24/h3-5,10,12,15,25H,6-9,11H2,1-2H3. The second kappa shape index (κ2) is 7.79. The van der Waals surface area contributed by atoms with Gasteiger partial charge in [-0.3, -0.25) is 4.79 Å². The van der Waals surface area contributed by atoms with Crippen LogP contribution in [0.3, 0.4) is 0 Å². The van der Waals surface area contributed by atoms with Crippen LogP contribution in [0.25, 0.3) is 0 Å². The van der Waals surface area contributed by atoms with E-state index in [4.69, 9.17) is 0 Å². The van der Waals surface area contributed by atoms with Gasteiger partial charge in [-0.1, -0.05) is 26.0 Å². The van der Waals surface area contributed by atoms with Gasteiger partial charge in [-0.2, -0.15) is 27.1 Å². The lowest BCUT2D eigenvalue weighted by atomic mass is 9.99. The van der Waals surface area contributed by atoms with Crippen molar-refractivity contribution in [2.24, 2.45) is 11.0 Å². The van der Waals surface area contributed by atoms with Crippen molar-refractivity contribution in [1.29, 1.82) is 0 Å². The molecule has 0 spiro atoms. The van der Waals surface area contributed by atoms with E-state index < -0.39 is 30.3 Å². The van der Waals surface area contributed by atoms with Crippen molar-refractivity contribution in [3.8, 4) is 0 Å². The average molecular weight is 418 g/mol. The highest BCUT2D eigenvalue weighted by atomic mass is 19.4. The van der Waals surface area contributed by atoms with Crippen LogP contribution in [0.15, 0.2) is 29.4 Å². The van der Waals surface area contributed by atoms with Crippen LogP contribution in [0, 0.1) is 5.92 Å². The van der Waals surface area contributed by atoms with Gasteiger partial charge in [0.1, 0.15) is 5.71 Å². The number of benzene rings is 1. The molecule has 5 nitrogen and oxygen atoms in total. The number of piperazine rings is 1. The van der Waals surface area contributed by atoms with Crippen LogP contribution in [0.1, 0.15) is 31.9 Å². The van der Waals surface area contributed by atoms with Crippen molar-refractivity contribution in [1.82, 2.24) is 10.3 Å². The highest BCUT2D eigenvalue weighted by Crippen LogP contribution is 2.40. The molecule has 1 N–H and O–H groups in total. The first-order valence-electron chi connectivity index (χ1n) is 9.41. The van der Waals surface area contributed by atoms with E-state index in [1.165, 1.54) is 0 Å². The Labute approximate surface area is 165 Å². The Morgan fingerprint density at radius 3 is 2.38 bits per heavy atom. The SMILES string of the molecule is CC(C)C(=O)N1CCN(c2cccc(C3CC(C(F)(F)C(F)(F)F)=NN3)c2)CC1. The largest absolute Gasteiger partial charge is 0.459 e. The number of hydrazone groups is 1. The Morgan fingerprint density at radius 2 is 1.79 bits per heavy atom. The van der Waals surface area contributed by atoms with Crippen molar-refractivity contribution in [3.63, 3.8) is 0 Å². The van der Waals surface area contributed by atoms with Crippen LogP contribution in [0.5, 0.6) is 0 Å². The first kappa shape index (κ1) is 21.3. The molecular weight excluding hydrogens is 395 g/mol. The Bertz CT molecular complexity index is 785. The van der Waals surface area contributed by atoms with E-state index in [2.05, 4.69) is 15.4 Å². The lowest BCUT2D eigenvalue weighted by molar-refractivity contribution is -0.249. The van der Waals surface area contributed by atoms with Crippen molar-refractivity contribution in [2.75, 3.05) is 31.1 Å². The quantitative estimate of drug-likeness (QED) is 0.761. The number of carbonyl (C=O) groups is 1. The molecule has 0 saturated carbocycles. The van der Waals surface area contributed by atoms with Gasteiger partial charge in [-0.15, -0.1) is 0 Å². The fraction of sp³-hybridized carbons (Fsp3) is 0.579. The second-order valence-electron chi connectivity index (χ2n) is 7.58. The van der Waals surface area contributed by atoms with Crippen LogP contribution in [-0.4, -0.2) is 54.8 Å². The third-order valence-corrected chi connectivity index (χ3v) is 5.19. The number of nitrogens with zero attached hydrogens (tertiary/aromatic N) is 3. The first-order valence-corrected chi connectivity index (χ1v) is 9.41. The van der Waals surface area contributed by atoms with Crippen LogP contribution in [0.2, 0.25) is 0 Å². The molecule has 1 aromatic rings. The molecule has 1 amide bonds. The maximum absolute atomic E-state index is 13.5. The minimum atomic E-state index is -5.67. The first-order chi connectivity index (χ1) is 13.5. The molecule has 1 aromatic carbocycles. The van der Waals surface area contributed by atoms with E-state index in [0.717, 1.165) is 5.69 Å². The monoisotopic (exact) mass is 418 g/mol. The van der Waals surface area contributed by atoms with E-state index in [0.29, 0.717) is 31.7 Å². The summed E-state index contributed by atoms with van der Waals surface area (Å²) in [4.78, 5) is 16.0. The van der Waals surface area contributed by atoms with Crippen molar-refractivity contribution in [3.05, 3.63) is 29.8 Å². The number of alkyl halides is 5. The molecule has 0 aromatic heterocycles. The molecular formula is C19H23F5N4O. The number of amides is 1. The normalized spacial score (nSPS) is 20.7. The molecule has 1 unspecified atom stereocenters. The Morgan fingerprint density at radius 1 is 1.14 bits per heavy atom. The number of hydrogen-bond donors (Lipinski definition) is 1. The Kier molecular flexibility index (Phi) is 5.73. The summed E-state index contributed by atoms with van der Waals surface area (Å²) in [6, 6.07) is 6.27. The number of anilines is 1. The van der Waals surface area contributed by atoms with Gasteiger partial charge in [0.05, 0.1) is 6.04 Å². The van der Waals surface area contributed by atoms with Gasteiger partial charge < -0.3 is 15.2 Å². The van der Waals surface area contributed by atoms with Crippen LogP contribution >= 0.6 is 0 Å². The lowest BCUT2D eigenvalue weighted by Crippen LogP contribution is -2.49. The molecule has 0 radical (unpaired) electrons. The third-order valence-electron chi connectivity index (χ3n) is 5.19. The van der Waals surface area contributed by atoms with Gasteiger partial charge in [-0.25, -0.2) is 0 Å². The van der Waals surface area contributed by atoms with Gasteiger partial charge in [0.25, 0.3) is 0 Å². The zero-order chi connectivity index (χ0) is 21.4. The molecule has 2 aliphatic rings.